The smallest absolute Gasteiger partial charge is 0.334 e. The van der Waals surface area contributed by atoms with Crippen molar-refractivity contribution in [1.82, 2.24) is 0 Å². The molecule has 3 aliphatic rings. The van der Waals surface area contributed by atoms with Gasteiger partial charge in [0.2, 0.25) is 0 Å². The van der Waals surface area contributed by atoms with E-state index < -0.39 is 41.6 Å². The molecule has 0 unspecified atom stereocenters. The van der Waals surface area contributed by atoms with E-state index in [-0.39, 0.29) is 23.2 Å². The summed E-state index contributed by atoms with van der Waals surface area (Å²) in [5.41, 5.74) is -0.219. The van der Waals surface area contributed by atoms with E-state index >= 15 is 0 Å². The third-order valence-corrected chi connectivity index (χ3v) is 5.95. The van der Waals surface area contributed by atoms with E-state index in [9.17, 15) is 19.5 Å². The molecule has 1 aliphatic heterocycles. The Bertz CT molecular complexity index is 743. The molecule has 2 fully saturated rings. The predicted octanol–water partition coefficient (Wildman–Crippen LogP) is 1.73. The maximum Gasteiger partial charge on any atom is 0.334 e. The fourth-order valence-electron chi connectivity index (χ4n) is 4.51. The Balaban J connectivity index is 2.12. The fraction of sp³-hybridized carbons (Fsp3) is 0.550. The second-order valence-electron chi connectivity index (χ2n) is 7.88. The number of ether oxygens (including phenoxy) is 2. The van der Waals surface area contributed by atoms with Gasteiger partial charge in [0.1, 0.15) is 12.2 Å². The Morgan fingerprint density at radius 1 is 1.38 bits per heavy atom. The molecule has 0 amide bonds. The van der Waals surface area contributed by atoms with Crippen LogP contribution in [0.15, 0.2) is 36.0 Å². The maximum absolute atomic E-state index is 12.8. The minimum absolute atomic E-state index is 0.123. The van der Waals surface area contributed by atoms with Crippen LogP contribution in [0.1, 0.15) is 27.7 Å². The van der Waals surface area contributed by atoms with Crippen molar-refractivity contribution in [3.05, 3.63) is 36.0 Å². The number of esters is 2. The summed E-state index contributed by atoms with van der Waals surface area (Å²) in [7, 11) is 0. The van der Waals surface area contributed by atoms with Gasteiger partial charge in [-0.2, -0.15) is 0 Å². The van der Waals surface area contributed by atoms with E-state index in [1.54, 1.807) is 26.8 Å². The molecule has 1 saturated heterocycles. The van der Waals surface area contributed by atoms with Gasteiger partial charge in [-0.25, -0.2) is 9.59 Å². The van der Waals surface area contributed by atoms with Crippen molar-refractivity contribution in [2.75, 3.05) is 0 Å². The van der Waals surface area contributed by atoms with Gasteiger partial charge in [-0.1, -0.05) is 25.2 Å². The zero-order valence-electron chi connectivity index (χ0n) is 15.4. The lowest BCUT2D eigenvalue weighted by molar-refractivity contribution is -0.160. The lowest BCUT2D eigenvalue weighted by Crippen LogP contribution is -2.49. The van der Waals surface area contributed by atoms with E-state index in [1.165, 1.54) is 12.2 Å². The van der Waals surface area contributed by atoms with Crippen LogP contribution in [0.3, 0.4) is 0 Å². The van der Waals surface area contributed by atoms with Crippen molar-refractivity contribution in [3.63, 3.8) is 0 Å². The summed E-state index contributed by atoms with van der Waals surface area (Å²) < 4.78 is 11.1. The van der Waals surface area contributed by atoms with Crippen LogP contribution in [-0.4, -0.2) is 41.1 Å². The number of hydrogen-bond donors (Lipinski definition) is 1. The van der Waals surface area contributed by atoms with Crippen LogP contribution < -0.4 is 0 Å². The standard InChI is InChI=1S/C20H24O6/c1-9(2)8-14(22)25-18-15-11(4)19(24)26-17(15)16(23)10(3)12-6-7-13(21)20(12,18)5/h6-8,10,12,15-18,23H,4H2,1-3,5H3/t10-,12-,15+,16+,17-,18+,20-/m0/s1. The number of aliphatic hydroxyl groups excluding tert-OH is 1. The predicted molar refractivity (Wildman–Crippen MR) is 92.7 cm³/mol. The molecule has 6 heteroatoms. The van der Waals surface area contributed by atoms with Crippen LogP contribution in [0.5, 0.6) is 0 Å². The molecule has 26 heavy (non-hydrogen) atoms. The molecule has 0 aromatic carbocycles. The van der Waals surface area contributed by atoms with Crippen LogP contribution in [0.4, 0.5) is 0 Å². The highest BCUT2D eigenvalue weighted by Gasteiger charge is 2.64. The molecule has 3 rings (SSSR count). The minimum atomic E-state index is -1.10. The van der Waals surface area contributed by atoms with Gasteiger partial charge in [0.25, 0.3) is 0 Å². The van der Waals surface area contributed by atoms with E-state index in [1.807, 2.05) is 6.92 Å². The first-order valence-corrected chi connectivity index (χ1v) is 8.75. The van der Waals surface area contributed by atoms with Crippen molar-refractivity contribution < 1.29 is 29.0 Å². The van der Waals surface area contributed by atoms with Gasteiger partial charge in [-0.15, -0.1) is 0 Å². The number of hydrogen-bond acceptors (Lipinski definition) is 6. The number of carbonyl (C=O) groups is 3. The summed E-state index contributed by atoms with van der Waals surface area (Å²) in [5.74, 6) is -2.88. The van der Waals surface area contributed by atoms with Crippen LogP contribution in [-0.2, 0) is 23.9 Å². The van der Waals surface area contributed by atoms with Gasteiger partial charge < -0.3 is 14.6 Å². The highest BCUT2D eigenvalue weighted by atomic mass is 16.6. The Labute approximate surface area is 152 Å². The molecule has 0 spiro atoms. The molecule has 1 N–H and O–H groups in total. The lowest BCUT2D eigenvalue weighted by atomic mass is 9.67. The highest BCUT2D eigenvalue weighted by molar-refractivity contribution is 5.99. The number of allylic oxidation sites excluding steroid dienone is 3. The summed E-state index contributed by atoms with van der Waals surface area (Å²) in [6.45, 7) is 10.8. The molecule has 1 heterocycles. The quantitative estimate of drug-likeness (QED) is 0.596. The summed E-state index contributed by atoms with van der Waals surface area (Å²) in [5, 5.41) is 10.8. The summed E-state index contributed by atoms with van der Waals surface area (Å²) >= 11 is 0. The largest absolute Gasteiger partial charge is 0.457 e. The van der Waals surface area contributed by atoms with Crippen molar-refractivity contribution in [2.24, 2.45) is 23.2 Å². The van der Waals surface area contributed by atoms with Crippen molar-refractivity contribution in [3.8, 4) is 0 Å². The van der Waals surface area contributed by atoms with Gasteiger partial charge in [-0.3, -0.25) is 4.79 Å². The average Bonchev–Trinajstić information content (AvgIpc) is 2.99. The Morgan fingerprint density at radius 3 is 2.65 bits per heavy atom. The van der Waals surface area contributed by atoms with E-state index in [0.29, 0.717) is 0 Å². The highest BCUT2D eigenvalue weighted by Crippen LogP contribution is 2.54. The molecule has 140 valence electrons. The van der Waals surface area contributed by atoms with Gasteiger partial charge in [0.15, 0.2) is 5.78 Å². The maximum atomic E-state index is 12.8. The van der Waals surface area contributed by atoms with E-state index in [2.05, 4.69) is 6.58 Å². The number of aliphatic hydroxyl groups is 1. The first-order chi connectivity index (χ1) is 12.1. The monoisotopic (exact) mass is 360 g/mol. The second kappa shape index (κ2) is 6.20. The van der Waals surface area contributed by atoms with Crippen molar-refractivity contribution >= 4 is 17.7 Å². The number of fused-ring (bicyclic) bond motifs is 2. The molecule has 1 saturated carbocycles. The average molecular weight is 360 g/mol. The third kappa shape index (κ3) is 2.55. The Kier molecular flexibility index (Phi) is 4.43. The molecule has 0 radical (unpaired) electrons. The summed E-state index contributed by atoms with van der Waals surface area (Å²) in [4.78, 5) is 37.3. The lowest BCUT2D eigenvalue weighted by Gasteiger charge is -2.39. The van der Waals surface area contributed by atoms with Crippen LogP contribution in [0.2, 0.25) is 0 Å². The Hall–Kier alpha value is -2.21. The fourth-order valence-corrected chi connectivity index (χ4v) is 4.51. The first kappa shape index (κ1) is 18.6. The normalized spacial score (nSPS) is 41.2. The number of rotatable bonds is 2. The third-order valence-electron chi connectivity index (χ3n) is 5.95. The zero-order valence-corrected chi connectivity index (χ0v) is 15.4. The molecule has 0 aromatic rings. The van der Waals surface area contributed by atoms with Gasteiger partial charge in [0.05, 0.1) is 17.4 Å². The summed E-state index contributed by atoms with van der Waals surface area (Å²) in [6.07, 6.45) is 1.72. The van der Waals surface area contributed by atoms with Crippen LogP contribution >= 0.6 is 0 Å². The minimum Gasteiger partial charge on any atom is -0.457 e. The number of ketones is 1. The molecule has 2 aliphatic carbocycles. The van der Waals surface area contributed by atoms with Crippen LogP contribution in [0.25, 0.3) is 0 Å². The molecular formula is C20H24O6. The van der Waals surface area contributed by atoms with Crippen molar-refractivity contribution in [2.45, 2.75) is 46.0 Å². The van der Waals surface area contributed by atoms with Gasteiger partial charge in [0, 0.05) is 11.6 Å². The molecular weight excluding hydrogens is 336 g/mol. The molecule has 6 nitrogen and oxygen atoms in total. The van der Waals surface area contributed by atoms with Crippen molar-refractivity contribution in [1.29, 1.82) is 0 Å². The van der Waals surface area contributed by atoms with Crippen LogP contribution in [0, 0.1) is 23.2 Å². The van der Waals surface area contributed by atoms with Gasteiger partial charge in [-0.05, 0) is 38.7 Å². The second-order valence-corrected chi connectivity index (χ2v) is 7.88. The topological polar surface area (TPSA) is 89.9 Å². The molecule has 7 atom stereocenters. The van der Waals surface area contributed by atoms with E-state index in [4.69, 9.17) is 9.47 Å². The SMILES string of the molecule is C=C1C(=O)O[C@@H]2[C@H](O)[C@@H](C)[C@@H]3C=CC(=O)[C@@]3(C)[C@H](OC(=O)C=C(C)C)[C@H]12. The summed E-state index contributed by atoms with van der Waals surface area (Å²) in [6, 6.07) is 0. The molecule has 0 bridgehead atoms. The number of carbonyl (C=O) groups excluding carboxylic acids is 3. The van der Waals surface area contributed by atoms with E-state index in [0.717, 1.165) is 5.57 Å². The Morgan fingerprint density at radius 2 is 2.04 bits per heavy atom. The zero-order chi connectivity index (χ0) is 19.4. The first-order valence-electron chi connectivity index (χ1n) is 8.75. The molecule has 0 aromatic heterocycles. The van der Waals surface area contributed by atoms with Gasteiger partial charge >= 0.3 is 11.9 Å².